The summed E-state index contributed by atoms with van der Waals surface area (Å²) in [5, 5.41) is 17.1. The minimum Gasteiger partial charge on any atom is -0.481 e. The van der Waals surface area contributed by atoms with Crippen LogP contribution in [0.2, 0.25) is 0 Å². The fraction of sp³-hybridized carbons (Fsp3) is 0.615. The van der Waals surface area contributed by atoms with Crippen LogP contribution in [0.1, 0.15) is 33.4 Å². The predicted octanol–water partition coefficient (Wildman–Crippen LogP) is 1.69. The van der Waals surface area contributed by atoms with Gasteiger partial charge in [-0.1, -0.05) is 13.8 Å². The summed E-state index contributed by atoms with van der Waals surface area (Å²) in [5.41, 5.74) is -0.545. The molecule has 7 heteroatoms. The number of hydrogen-bond donors (Lipinski definition) is 3. The van der Waals surface area contributed by atoms with Crippen molar-refractivity contribution < 1.29 is 14.7 Å². The van der Waals surface area contributed by atoms with E-state index in [9.17, 15) is 9.59 Å². The smallest absolute Gasteiger partial charge is 0.315 e. The van der Waals surface area contributed by atoms with Gasteiger partial charge in [0.15, 0.2) is 5.13 Å². The summed E-state index contributed by atoms with van der Waals surface area (Å²) in [4.78, 5) is 26.9. The fourth-order valence-electron chi connectivity index (χ4n) is 1.29. The molecule has 1 amide bonds. The molecule has 0 aliphatic carbocycles. The molecule has 0 bridgehead atoms. The number of hydrogen-bond acceptors (Lipinski definition) is 5. The van der Waals surface area contributed by atoms with Gasteiger partial charge in [-0.3, -0.25) is 9.59 Å². The Morgan fingerprint density at radius 3 is 2.65 bits per heavy atom. The van der Waals surface area contributed by atoms with E-state index < -0.39 is 11.4 Å². The van der Waals surface area contributed by atoms with Crippen molar-refractivity contribution in [2.75, 3.05) is 18.4 Å². The lowest BCUT2D eigenvalue weighted by Gasteiger charge is -2.15. The average molecular weight is 299 g/mol. The van der Waals surface area contributed by atoms with Crippen LogP contribution < -0.4 is 10.6 Å². The molecule has 0 atom stereocenters. The molecule has 0 fully saturated rings. The molecule has 0 unspecified atom stereocenters. The molecule has 0 saturated heterocycles. The van der Waals surface area contributed by atoms with Gasteiger partial charge in [-0.15, -0.1) is 11.3 Å². The molecule has 0 aliphatic heterocycles. The molecule has 1 heterocycles. The lowest BCUT2D eigenvalue weighted by atomic mass is 9.90. The van der Waals surface area contributed by atoms with E-state index in [1.807, 2.05) is 13.8 Å². The lowest BCUT2D eigenvalue weighted by molar-refractivity contribution is -0.142. The quantitative estimate of drug-likeness (QED) is 0.712. The average Bonchev–Trinajstić information content (AvgIpc) is 2.83. The fourth-order valence-corrected chi connectivity index (χ4v) is 2.17. The normalized spacial score (nSPS) is 11.4. The maximum absolute atomic E-state index is 11.5. The first kappa shape index (κ1) is 16.4. The van der Waals surface area contributed by atoms with Gasteiger partial charge in [-0.2, -0.15) is 0 Å². The molecule has 20 heavy (non-hydrogen) atoms. The first-order valence-electron chi connectivity index (χ1n) is 6.43. The molecule has 3 N–H and O–H groups in total. The third kappa shape index (κ3) is 4.48. The van der Waals surface area contributed by atoms with Crippen LogP contribution >= 0.6 is 11.3 Å². The number of carbonyl (C=O) groups excluding carboxylic acids is 1. The Morgan fingerprint density at radius 1 is 1.45 bits per heavy atom. The Labute approximate surface area is 122 Å². The van der Waals surface area contributed by atoms with Crippen LogP contribution in [0, 0.1) is 5.92 Å². The predicted molar refractivity (Wildman–Crippen MR) is 79.1 cm³/mol. The highest BCUT2D eigenvalue weighted by Crippen LogP contribution is 2.27. The summed E-state index contributed by atoms with van der Waals surface area (Å²) >= 11 is 1.29. The number of amides is 1. The maximum Gasteiger partial charge on any atom is 0.315 e. The van der Waals surface area contributed by atoms with E-state index in [1.165, 1.54) is 11.3 Å². The van der Waals surface area contributed by atoms with Crippen molar-refractivity contribution in [3.05, 3.63) is 11.1 Å². The van der Waals surface area contributed by atoms with Crippen LogP contribution in [0.5, 0.6) is 0 Å². The van der Waals surface area contributed by atoms with Gasteiger partial charge in [0, 0.05) is 11.9 Å². The number of nitrogens with one attached hydrogen (secondary N) is 2. The van der Waals surface area contributed by atoms with Gasteiger partial charge < -0.3 is 15.7 Å². The zero-order valence-electron chi connectivity index (χ0n) is 12.2. The summed E-state index contributed by atoms with van der Waals surface area (Å²) in [6.45, 7) is 8.01. The van der Waals surface area contributed by atoms with Crippen molar-refractivity contribution in [2.45, 2.75) is 33.1 Å². The highest BCUT2D eigenvalue weighted by Gasteiger charge is 2.32. The second-order valence-corrected chi connectivity index (χ2v) is 6.38. The Balaban J connectivity index is 2.53. The third-order valence-corrected chi connectivity index (χ3v) is 3.59. The summed E-state index contributed by atoms with van der Waals surface area (Å²) in [6, 6.07) is 0. The summed E-state index contributed by atoms with van der Waals surface area (Å²) in [7, 11) is 0. The zero-order valence-corrected chi connectivity index (χ0v) is 13.0. The van der Waals surface area contributed by atoms with Crippen molar-refractivity contribution in [2.24, 2.45) is 5.92 Å². The number of nitrogens with zero attached hydrogens (tertiary/aromatic N) is 1. The minimum absolute atomic E-state index is 0.104. The van der Waals surface area contributed by atoms with Crippen LogP contribution in [0.4, 0.5) is 5.13 Å². The first-order chi connectivity index (χ1) is 9.23. The molecule has 0 aromatic carbocycles. The number of carboxylic acid groups (broad SMARTS) is 1. The maximum atomic E-state index is 11.5. The molecule has 1 rings (SSSR count). The van der Waals surface area contributed by atoms with Gasteiger partial charge in [-0.05, 0) is 19.8 Å². The van der Waals surface area contributed by atoms with E-state index >= 15 is 0 Å². The SMILES string of the molecule is CC(C)CNC(=O)CNc1nc(C(C)(C)C(=O)O)cs1. The van der Waals surface area contributed by atoms with E-state index in [0.717, 1.165) is 0 Å². The minimum atomic E-state index is -1.03. The standard InChI is InChI=1S/C13H21N3O3S/c1-8(2)5-14-10(17)6-15-12-16-9(7-20-12)13(3,4)11(18)19/h7-8H,5-6H2,1-4H3,(H,14,17)(H,15,16)(H,18,19). The van der Waals surface area contributed by atoms with E-state index in [0.29, 0.717) is 23.3 Å². The molecule has 1 aromatic heterocycles. The Morgan fingerprint density at radius 2 is 2.10 bits per heavy atom. The van der Waals surface area contributed by atoms with Crippen molar-refractivity contribution in [3.63, 3.8) is 0 Å². The van der Waals surface area contributed by atoms with Crippen LogP contribution in [0.3, 0.4) is 0 Å². The number of rotatable bonds is 7. The van der Waals surface area contributed by atoms with Crippen molar-refractivity contribution in [1.29, 1.82) is 0 Å². The molecular weight excluding hydrogens is 278 g/mol. The highest BCUT2D eigenvalue weighted by molar-refractivity contribution is 7.13. The number of thiazole rings is 1. The Kier molecular flexibility index (Phi) is 5.50. The van der Waals surface area contributed by atoms with Gasteiger partial charge in [0.05, 0.1) is 12.2 Å². The molecule has 6 nitrogen and oxygen atoms in total. The van der Waals surface area contributed by atoms with Crippen LogP contribution in [0.15, 0.2) is 5.38 Å². The number of anilines is 1. The van der Waals surface area contributed by atoms with Gasteiger partial charge in [0.2, 0.25) is 5.91 Å². The van der Waals surface area contributed by atoms with Gasteiger partial charge in [0.25, 0.3) is 0 Å². The largest absolute Gasteiger partial charge is 0.481 e. The van der Waals surface area contributed by atoms with Crippen molar-refractivity contribution in [3.8, 4) is 0 Å². The molecule has 1 aromatic rings. The monoisotopic (exact) mass is 299 g/mol. The second-order valence-electron chi connectivity index (χ2n) is 5.52. The van der Waals surface area contributed by atoms with E-state index in [4.69, 9.17) is 5.11 Å². The Bertz CT molecular complexity index is 483. The summed E-state index contributed by atoms with van der Waals surface area (Å²) < 4.78 is 0. The molecule has 0 aliphatic rings. The highest BCUT2D eigenvalue weighted by atomic mass is 32.1. The molecule has 0 saturated carbocycles. The number of carboxylic acids is 1. The molecule has 0 radical (unpaired) electrons. The van der Waals surface area contributed by atoms with Gasteiger partial charge >= 0.3 is 5.97 Å². The van der Waals surface area contributed by atoms with E-state index in [1.54, 1.807) is 19.2 Å². The molecule has 112 valence electrons. The van der Waals surface area contributed by atoms with Crippen LogP contribution in [0.25, 0.3) is 0 Å². The third-order valence-electron chi connectivity index (χ3n) is 2.79. The van der Waals surface area contributed by atoms with Crippen LogP contribution in [-0.4, -0.2) is 35.1 Å². The second kappa shape index (κ2) is 6.69. The van der Waals surface area contributed by atoms with Gasteiger partial charge in [0.1, 0.15) is 5.41 Å². The number of aliphatic carboxylic acids is 1. The Hall–Kier alpha value is -1.63. The van der Waals surface area contributed by atoms with Gasteiger partial charge in [-0.25, -0.2) is 4.98 Å². The number of carbonyl (C=O) groups is 2. The summed E-state index contributed by atoms with van der Waals surface area (Å²) in [6.07, 6.45) is 0. The van der Waals surface area contributed by atoms with E-state index in [2.05, 4.69) is 15.6 Å². The van der Waals surface area contributed by atoms with Crippen molar-refractivity contribution in [1.82, 2.24) is 10.3 Å². The van der Waals surface area contributed by atoms with Crippen molar-refractivity contribution >= 4 is 28.3 Å². The molecule has 0 spiro atoms. The number of aromatic nitrogens is 1. The lowest BCUT2D eigenvalue weighted by Crippen LogP contribution is -2.32. The summed E-state index contributed by atoms with van der Waals surface area (Å²) in [5.74, 6) is -0.626. The topological polar surface area (TPSA) is 91.3 Å². The van der Waals surface area contributed by atoms with E-state index in [-0.39, 0.29) is 12.5 Å². The molecular formula is C13H21N3O3S. The van der Waals surface area contributed by atoms with Crippen LogP contribution in [-0.2, 0) is 15.0 Å². The zero-order chi connectivity index (χ0) is 15.3. The first-order valence-corrected chi connectivity index (χ1v) is 7.31.